The maximum Gasteiger partial charge on any atom is 0.175 e. The molecular weight excluding hydrogens is 284 g/mol. The summed E-state index contributed by atoms with van der Waals surface area (Å²) in [4.78, 5) is 2.85. The first-order chi connectivity index (χ1) is 9.73. The quantitative estimate of drug-likeness (QED) is 0.925. The van der Waals surface area contributed by atoms with Crippen molar-refractivity contribution in [3.8, 4) is 0 Å². The smallest absolute Gasteiger partial charge is 0.175 e. The predicted molar refractivity (Wildman–Crippen MR) is 86.1 cm³/mol. The minimum Gasteiger partial charge on any atom is -0.309 e. The van der Waals surface area contributed by atoms with Crippen molar-refractivity contribution in [1.82, 2.24) is 10.2 Å². The Bertz CT molecular complexity index is 583. The van der Waals surface area contributed by atoms with Gasteiger partial charge in [-0.1, -0.05) is 19.1 Å². The van der Waals surface area contributed by atoms with Gasteiger partial charge >= 0.3 is 0 Å². The van der Waals surface area contributed by atoms with Crippen LogP contribution >= 0.6 is 0 Å². The lowest BCUT2D eigenvalue weighted by molar-refractivity contribution is 0.0866. The lowest BCUT2D eigenvalue weighted by Crippen LogP contribution is -2.61. The highest BCUT2D eigenvalue weighted by Crippen LogP contribution is 2.21. The number of piperazine rings is 1. The first-order valence-corrected chi connectivity index (χ1v) is 9.41. The van der Waals surface area contributed by atoms with E-state index in [1.165, 1.54) is 6.26 Å². The van der Waals surface area contributed by atoms with Crippen LogP contribution in [0.3, 0.4) is 0 Å². The van der Waals surface area contributed by atoms with Gasteiger partial charge in [0.25, 0.3) is 0 Å². The second-order valence-corrected chi connectivity index (χ2v) is 8.48. The van der Waals surface area contributed by atoms with Crippen molar-refractivity contribution >= 4 is 9.84 Å². The number of hydrogen-bond donors (Lipinski definition) is 1. The van der Waals surface area contributed by atoms with Crippen molar-refractivity contribution < 1.29 is 8.42 Å². The van der Waals surface area contributed by atoms with E-state index in [0.717, 1.165) is 31.6 Å². The third kappa shape index (κ3) is 4.05. The zero-order chi connectivity index (χ0) is 15.7. The van der Waals surface area contributed by atoms with Gasteiger partial charge in [0.05, 0.1) is 4.90 Å². The molecule has 2 rings (SSSR count). The molecule has 1 saturated heterocycles. The van der Waals surface area contributed by atoms with E-state index >= 15 is 0 Å². The van der Waals surface area contributed by atoms with Crippen molar-refractivity contribution in [1.29, 1.82) is 0 Å². The zero-order valence-electron chi connectivity index (χ0n) is 13.4. The molecule has 0 saturated carbocycles. The van der Waals surface area contributed by atoms with Gasteiger partial charge in [-0.25, -0.2) is 8.42 Å². The van der Waals surface area contributed by atoms with Crippen LogP contribution in [0.15, 0.2) is 29.2 Å². The minimum atomic E-state index is -3.11. The maximum atomic E-state index is 11.5. The van der Waals surface area contributed by atoms with Gasteiger partial charge in [-0.3, -0.25) is 4.90 Å². The molecule has 1 heterocycles. The molecular formula is C16H26N2O2S. The minimum absolute atomic E-state index is 0.166. The van der Waals surface area contributed by atoms with Gasteiger partial charge < -0.3 is 5.32 Å². The molecule has 4 nitrogen and oxygen atoms in total. The Morgan fingerprint density at radius 2 is 1.95 bits per heavy atom. The molecule has 1 aliphatic heterocycles. The van der Waals surface area contributed by atoms with Crippen LogP contribution in [0.4, 0.5) is 0 Å². The van der Waals surface area contributed by atoms with Crippen LogP contribution in [0, 0.1) is 0 Å². The number of benzene rings is 1. The lowest BCUT2D eigenvalue weighted by Gasteiger charge is -2.45. The van der Waals surface area contributed by atoms with E-state index in [2.05, 4.69) is 31.0 Å². The fraction of sp³-hybridized carbons (Fsp3) is 0.625. The van der Waals surface area contributed by atoms with Crippen molar-refractivity contribution in [3.63, 3.8) is 0 Å². The van der Waals surface area contributed by atoms with Crippen LogP contribution in [0.2, 0.25) is 0 Å². The zero-order valence-corrected chi connectivity index (χ0v) is 14.2. The van der Waals surface area contributed by atoms with Gasteiger partial charge in [0.15, 0.2) is 9.84 Å². The Balaban J connectivity index is 2.10. The van der Waals surface area contributed by atoms with Crippen LogP contribution in [-0.4, -0.2) is 44.2 Å². The average molecular weight is 310 g/mol. The van der Waals surface area contributed by atoms with Gasteiger partial charge in [-0.2, -0.15) is 0 Å². The Morgan fingerprint density at radius 3 is 2.48 bits per heavy atom. The molecule has 21 heavy (non-hydrogen) atoms. The first-order valence-electron chi connectivity index (χ1n) is 7.51. The fourth-order valence-corrected chi connectivity index (χ4v) is 3.34. The van der Waals surface area contributed by atoms with Gasteiger partial charge in [-0.15, -0.1) is 0 Å². The largest absolute Gasteiger partial charge is 0.309 e. The first kappa shape index (κ1) is 16.5. The van der Waals surface area contributed by atoms with Crippen LogP contribution in [0.25, 0.3) is 0 Å². The summed E-state index contributed by atoms with van der Waals surface area (Å²) >= 11 is 0. The summed E-state index contributed by atoms with van der Waals surface area (Å²) in [6, 6.07) is 7.75. The summed E-state index contributed by atoms with van der Waals surface area (Å²) in [5.41, 5.74) is 1.33. The summed E-state index contributed by atoms with van der Waals surface area (Å²) in [5, 5.41) is 3.62. The standard InChI is InChI=1S/C16H26N2O2S/c1-5-16(3)12-18(13(2)10-17-16)11-14-6-8-15(9-7-14)21(4,19)20/h6-9,13,17H,5,10-12H2,1-4H3. The molecule has 2 unspecified atom stereocenters. The Labute approximate surface area is 128 Å². The third-order valence-electron chi connectivity index (χ3n) is 4.52. The molecule has 0 radical (unpaired) electrons. The molecule has 0 spiro atoms. The summed E-state index contributed by atoms with van der Waals surface area (Å²) in [6.07, 6.45) is 2.34. The molecule has 118 valence electrons. The molecule has 1 aromatic carbocycles. The third-order valence-corrected chi connectivity index (χ3v) is 5.65. The Morgan fingerprint density at radius 1 is 1.33 bits per heavy atom. The summed E-state index contributed by atoms with van der Waals surface area (Å²) in [7, 11) is -3.11. The van der Waals surface area contributed by atoms with Crippen LogP contribution < -0.4 is 5.32 Å². The number of sulfone groups is 1. The molecule has 2 atom stereocenters. The van der Waals surface area contributed by atoms with Crippen LogP contribution in [0.1, 0.15) is 32.8 Å². The normalized spacial score (nSPS) is 27.7. The summed E-state index contributed by atoms with van der Waals surface area (Å²) in [5.74, 6) is 0. The van der Waals surface area contributed by atoms with Gasteiger partial charge in [-0.05, 0) is 38.0 Å². The molecule has 1 aliphatic rings. The SMILES string of the molecule is CCC1(C)CN(Cc2ccc(S(C)(=O)=O)cc2)C(C)CN1. The number of rotatable bonds is 4. The molecule has 1 fully saturated rings. The van der Waals surface area contributed by atoms with E-state index in [1.54, 1.807) is 12.1 Å². The lowest BCUT2D eigenvalue weighted by atomic mass is 9.93. The van der Waals surface area contributed by atoms with E-state index in [1.807, 2.05) is 12.1 Å². The fourth-order valence-electron chi connectivity index (χ4n) is 2.71. The number of hydrogen-bond acceptors (Lipinski definition) is 4. The number of nitrogens with one attached hydrogen (secondary N) is 1. The molecule has 1 aromatic rings. The monoisotopic (exact) mass is 310 g/mol. The van der Waals surface area contributed by atoms with E-state index in [9.17, 15) is 8.42 Å². The van der Waals surface area contributed by atoms with Crippen LogP contribution in [0.5, 0.6) is 0 Å². The van der Waals surface area contributed by atoms with E-state index in [-0.39, 0.29) is 5.54 Å². The summed E-state index contributed by atoms with van der Waals surface area (Å²) < 4.78 is 23.0. The summed E-state index contributed by atoms with van der Waals surface area (Å²) in [6.45, 7) is 9.57. The van der Waals surface area contributed by atoms with E-state index < -0.39 is 9.84 Å². The van der Waals surface area contributed by atoms with Crippen molar-refractivity contribution in [2.45, 2.75) is 50.2 Å². The molecule has 0 amide bonds. The molecule has 0 aliphatic carbocycles. The maximum absolute atomic E-state index is 11.5. The van der Waals surface area contributed by atoms with Gasteiger partial charge in [0, 0.05) is 37.5 Å². The van der Waals surface area contributed by atoms with Crippen molar-refractivity contribution in [2.24, 2.45) is 0 Å². The van der Waals surface area contributed by atoms with E-state index in [0.29, 0.717) is 10.9 Å². The van der Waals surface area contributed by atoms with Crippen molar-refractivity contribution in [2.75, 3.05) is 19.3 Å². The molecule has 0 bridgehead atoms. The highest BCUT2D eigenvalue weighted by atomic mass is 32.2. The van der Waals surface area contributed by atoms with Crippen LogP contribution in [-0.2, 0) is 16.4 Å². The highest BCUT2D eigenvalue weighted by molar-refractivity contribution is 7.90. The molecule has 1 N–H and O–H groups in total. The van der Waals surface area contributed by atoms with Gasteiger partial charge in [0.1, 0.15) is 0 Å². The van der Waals surface area contributed by atoms with Crippen molar-refractivity contribution in [3.05, 3.63) is 29.8 Å². The molecule has 5 heteroatoms. The van der Waals surface area contributed by atoms with E-state index in [4.69, 9.17) is 0 Å². The highest BCUT2D eigenvalue weighted by Gasteiger charge is 2.32. The Kier molecular flexibility index (Phi) is 4.76. The predicted octanol–water partition coefficient (Wildman–Crippen LogP) is 2.05. The van der Waals surface area contributed by atoms with Gasteiger partial charge in [0.2, 0.25) is 0 Å². The number of nitrogens with zero attached hydrogens (tertiary/aromatic N) is 1. The average Bonchev–Trinajstić information content (AvgIpc) is 2.43. The Hall–Kier alpha value is -0.910. The molecule has 0 aromatic heterocycles. The second-order valence-electron chi connectivity index (χ2n) is 6.47. The second kappa shape index (κ2) is 6.07. The topological polar surface area (TPSA) is 49.4 Å².